The Morgan fingerprint density at radius 1 is 1.14 bits per heavy atom. The molecule has 0 spiro atoms. The van der Waals surface area contributed by atoms with Gasteiger partial charge in [-0.05, 0) is 54.5 Å². The van der Waals surface area contributed by atoms with Gasteiger partial charge in [-0.25, -0.2) is 18.2 Å². The molecule has 1 N–H and O–H groups in total. The Morgan fingerprint density at radius 3 is 2.64 bits per heavy atom. The van der Waals surface area contributed by atoms with E-state index >= 15 is 0 Å². The molecule has 6 rings (SSSR count). The molecule has 2 aliphatic rings. The van der Waals surface area contributed by atoms with Crippen molar-refractivity contribution in [3.63, 3.8) is 0 Å². The Morgan fingerprint density at radius 2 is 1.93 bits per heavy atom. The zero-order valence-corrected chi connectivity index (χ0v) is 23.7. The zero-order chi connectivity index (χ0) is 29.9. The van der Waals surface area contributed by atoms with Crippen LogP contribution in [0, 0.1) is 37.4 Å². The van der Waals surface area contributed by atoms with Gasteiger partial charge in [0.1, 0.15) is 5.69 Å². The molecule has 1 saturated carbocycles. The van der Waals surface area contributed by atoms with Crippen molar-refractivity contribution >= 4 is 34.8 Å². The predicted molar refractivity (Wildman–Crippen MR) is 151 cm³/mol. The summed E-state index contributed by atoms with van der Waals surface area (Å²) >= 11 is 5.81. The number of nitrogens with zero attached hydrogens (tertiary/aromatic N) is 5. The second-order valence-corrected chi connectivity index (χ2v) is 11.2. The number of halogens is 4. The van der Waals surface area contributed by atoms with Crippen LogP contribution in [0.1, 0.15) is 46.1 Å². The Bertz CT molecular complexity index is 1740. The second-order valence-electron chi connectivity index (χ2n) is 10.8. The molecule has 2 amide bonds. The van der Waals surface area contributed by atoms with E-state index in [-0.39, 0.29) is 28.2 Å². The number of hydrogen-bond acceptors (Lipinski definition) is 5. The molecule has 12 heteroatoms. The number of hydrogen-bond donors (Lipinski definition) is 1. The number of carbonyl (C=O) groups excluding carboxylic acids is 2. The van der Waals surface area contributed by atoms with Crippen LogP contribution in [0.5, 0.6) is 0 Å². The highest BCUT2D eigenvalue weighted by Crippen LogP contribution is 2.53. The van der Waals surface area contributed by atoms with Crippen molar-refractivity contribution in [2.45, 2.75) is 33.7 Å². The van der Waals surface area contributed by atoms with Crippen molar-refractivity contribution < 1.29 is 22.8 Å². The van der Waals surface area contributed by atoms with E-state index in [2.05, 4.69) is 27.3 Å². The van der Waals surface area contributed by atoms with Gasteiger partial charge in [0.2, 0.25) is 5.91 Å². The third-order valence-corrected chi connectivity index (χ3v) is 8.67. The van der Waals surface area contributed by atoms with Crippen LogP contribution in [0.15, 0.2) is 49.1 Å². The van der Waals surface area contributed by atoms with Crippen LogP contribution in [-0.4, -0.2) is 38.1 Å². The van der Waals surface area contributed by atoms with E-state index in [1.54, 1.807) is 10.9 Å². The molecular formula is C30H26ClF3N6O2. The van der Waals surface area contributed by atoms with Crippen molar-refractivity contribution in [1.82, 2.24) is 19.7 Å². The van der Waals surface area contributed by atoms with Crippen molar-refractivity contribution in [3.05, 3.63) is 87.8 Å². The fourth-order valence-corrected chi connectivity index (χ4v) is 5.90. The first-order valence-electron chi connectivity index (χ1n) is 13.4. The molecule has 1 aliphatic carbocycles. The Balaban J connectivity index is 1.17. The molecule has 1 aliphatic heterocycles. The van der Waals surface area contributed by atoms with Gasteiger partial charge in [0.25, 0.3) is 12.3 Å². The number of benzene rings is 2. The largest absolute Gasteiger partial charge is 0.318 e. The van der Waals surface area contributed by atoms with Crippen LogP contribution in [0.4, 0.5) is 24.5 Å². The maximum Gasteiger partial charge on any atom is 0.275 e. The van der Waals surface area contributed by atoms with Crippen LogP contribution < -0.4 is 10.2 Å². The summed E-state index contributed by atoms with van der Waals surface area (Å²) in [5, 5.41) is 6.64. The van der Waals surface area contributed by atoms with Crippen LogP contribution in [0.3, 0.4) is 0 Å². The number of anilines is 2. The minimum atomic E-state index is -2.99. The van der Waals surface area contributed by atoms with Crippen LogP contribution in [-0.2, 0) is 11.3 Å². The van der Waals surface area contributed by atoms with Gasteiger partial charge < -0.3 is 10.2 Å². The molecule has 0 bridgehead atoms. The quantitative estimate of drug-likeness (QED) is 0.274. The van der Waals surface area contributed by atoms with Gasteiger partial charge in [-0.15, -0.1) is 0 Å². The lowest BCUT2D eigenvalue weighted by Gasteiger charge is -2.23. The fourth-order valence-electron chi connectivity index (χ4n) is 5.75. The van der Waals surface area contributed by atoms with Crippen LogP contribution in [0.2, 0.25) is 5.02 Å². The third-order valence-electron chi connectivity index (χ3n) is 8.38. The lowest BCUT2D eigenvalue weighted by Crippen LogP contribution is -2.30. The van der Waals surface area contributed by atoms with Crippen LogP contribution in [0.25, 0.3) is 11.3 Å². The monoisotopic (exact) mass is 594 g/mol. The van der Waals surface area contributed by atoms with Gasteiger partial charge in [-0.3, -0.25) is 19.3 Å². The molecule has 4 aromatic rings. The van der Waals surface area contributed by atoms with E-state index < -0.39 is 29.3 Å². The second kappa shape index (κ2) is 10.5. The smallest absolute Gasteiger partial charge is 0.275 e. The Hall–Kier alpha value is -4.25. The van der Waals surface area contributed by atoms with Crippen molar-refractivity contribution in [1.29, 1.82) is 0 Å². The zero-order valence-electron chi connectivity index (χ0n) is 22.9. The average molecular weight is 595 g/mol. The first kappa shape index (κ1) is 27.9. The first-order valence-corrected chi connectivity index (χ1v) is 13.8. The van der Waals surface area contributed by atoms with E-state index in [0.29, 0.717) is 24.1 Å². The molecule has 3 unspecified atom stereocenters. The van der Waals surface area contributed by atoms with E-state index in [0.717, 1.165) is 53.4 Å². The number of fused-ring (bicyclic) bond motifs is 1. The van der Waals surface area contributed by atoms with Crippen molar-refractivity contribution in [2.75, 3.05) is 16.8 Å². The number of amides is 2. The Kier molecular flexibility index (Phi) is 7.00. The molecular weight excluding hydrogens is 569 g/mol. The maximum atomic E-state index is 14.7. The minimum Gasteiger partial charge on any atom is -0.318 e. The molecule has 1 saturated heterocycles. The van der Waals surface area contributed by atoms with Crippen LogP contribution >= 0.6 is 11.6 Å². The number of alkyl halides is 2. The molecule has 216 valence electrons. The normalized spacial score (nSPS) is 19.4. The minimum absolute atomic E-state index is 0.156. The fraction of sp³-hybridized carbons (Fsp3) is 0.300. The highest BCUT2D eigenvalue weighted by Gasteiger charge is 2.59. The van der Waals surface area contributed by atoms with E-state index in [9.17, 15) is 22.8 Å². The summed E-state index contributed by atoms with van der Waals surface area (Å²) in [5.74, 6) is -0.454. The van der Waals surface area contributed by atoms with Crippen molar-refractivity contribution in [3.8, 4) is 11.3 Å². The highest BCUT2D eigenvalue weighted by atomic mass is 35.5. The predicted octanol–water partition coefficient (Wildman–Crippen LogP) is 6.22. The number of aromatic nitrogens is 4. The number of carbonyl (C=O) groups is 2. The first-order chi connectivity index (χ1) is 20.0. The SMILES string of the molecule is Cc1c(Cn2cc(NC(=O)c3cncc(-c4c(C(F)F)ccc(Cl)c4F)n3)cn2)ccc(N2CC3C(C)C3C2=O)c1C. The summed E-state index contributed by atoms with van der Waals surface area (Å²) in [5.41, 5.74) is 2.85. The topological polar surface area (TPSA) is 93.0 Å². The van der Waals surface area contributed by atoms with Gasteiger partial charge in [-0.2, -0.15) is 5.10 Å². The number of piperidine rings is 1. The molecule has 2 fully saturated rings. The summed E-state index contributed by atoms with van der Waals surface area (Å²) in [6, 6.07) is 6.02. The highest BCUT2D eigenvalue weighted by molar-refractivity contribution is 6.31. The number of rotatable bonds is 7. The van der Waals surface area contributed by atoms with Crippen molar-refractivity contribution in [2.24, 2.45) is 17.8 Å². The third kappa shape index (κ3) is 4.81. The van der Waals surface area contributed by atoms with E-state index in [1.807, 2.05) is 30.9 Å². The lowest BCUT2D eigenvalue weighted by molar-refractivity contribution is -0.119. The summed E-state index contributed by atoms with van der Waals surface area (Å²) in [4.78, 5) is 35.6. The van der Waals surface area contributed by atoms with Gasteiger partial charge >= 0.3 is 0 Å². The molecule has 8 nitrogen and oxygen atoms in total. The molecule has 3 atom stereocenters. The van der Waals surface area contributed by atoms with Gasteiger partial charge in [0.05, 0.1) is 41.5 Å². The average Bonchev–Trinajstić information content (AvgIpc) is 3.23. The van der Waals surface area contributed by atoms with Gasteiger partial charge in [-0.1, -0.05) is 30.7 Å². The van der Waals surface area contributed by atoms with E-state index in [1.165, 1.54) is 6.20 Å². The maximum absolute atomic E-state index is 14.7. The number of nitrogens with one attached hydrogen (secondary N) is 1. The summed E-state index contributed by atoms with van der Waals surface area (Å²) in [6.45, 7) is 7.35. The molecule has 42 heavy (non-hydrogen) atoms. The summed E-state index contributed by atoms with van der Waals surface area (Å²) in [7, 11) is 0. The summed E-state index contributed by atoms with van der Waals surface area (Å²) in [6.07, 6.45) is 2.36. The lowest BCUT2D eigenvalue weighted by atomic mass is 10.0. The van der Waals surface area contributed by atoms with E-state index in [4.69, 9.17) is 11.6 Å². The molecule has 2 aromatic heterocycles. The molecule has 3 heterocycles. The standard InChI is InChI=1S/C30H26ClF3N6O2/c1-14-15(2)24(40-13-20-16(3)25(20)30(40)42)7-4-17(14)11-39-12-18(8-36-39)37-29(41)23-10-35-9-22(38-23)26-19(28(33)34)5-6-21(31)27(26)32/h4-10,12,16,20,25,28H,11,13H2,1-3H3,(H,37,41). The molecule has 2 aromatic carbocycles. The van der Waals surface area contributed by atoms with Gasteiger partial charge in [0.15, 0.2) is 5.82 Å². The molecule has 0 radical (unpaired) electrons. The summed E-state index contributed by atoms with van der Waals surface area (Å²) < 4.78 is 43.5. The Labute approximate surface area is 244 Å². The van der Waals surface area contributed by atoms with Gasteiger partial charge in [0, 0.05) is 35.5 Å².